The first-order valence-electron chi connectivity index (χ1n) is 9.22. The predicted molar refractivity (Wildman–Crippen MR) is 117 cm³/mol. The van der Waals surface area contributed by atoms with Crippen molar-refractivity contribution in [3.8, 4) is 22.6 Å². The number of rotatable bonds is 3. The van der Waals surface area contributed by atoms with Crippen molar-refractivity contribution in [2.24, 2.45) is 5.73 Å². The Morgan fingerprint density at radius 2 is 2.07 bits per heavy atom. The third-order valence-electron chi connectivity index (χ3n) is 5.40. The number of anilines is 1. The van der Waals surface area contributed by atoms with E-state index in [0.29, 0.717) is 11.3 Å². The van der Waals surface area contributed by atoms with Crippen LogP contribution in [0.25, 0.3) is 16.6 Å². The number of aromatic hydroxyl groups is 1. The highest BCUT2D eigenvalue weighted by Crippen LogP contribution is 2.46. The molecule has 5 rings (SSSR count). The van der Waals surface area contributed by atoms with Crippen LogP contribution in [0.15, 0.2) is 59.3 Å². The van der Waals surface area contributed by atoms with Crippen LogP contribution in [0.4, 0.5) is 5.69 Å². The molecule has 0 aliphatic carbocycles. The van der Waals surface area contributed by atoms with Gasteiger partial charge >= 0.3 is 0 Å². The van der Waals surface area contributed by atoms with Crippen molar-refractivity contribution >= 4 is 33.0 Å². The number of amides is 1. The van der Waals surface area contributed by atoms with Gasteiger partial charge in [-0.1, -0.05) is 34.1 Å². The summed E-state index contributed by atoms with van der Waals surface area (Å²) in [5.41, 5.74) is 11.0. The minimum atomic E-state index is -0.538. The van der Waals surface area contributed by atoms with Crippen LogP contribution in [0.3, 0.4) is 0 Å². The molecule has 1 aliphatic heterocycles. The van der Waals surface area contributed by atoms with Gasteiger partial charge in [0.15, 0.2) is 11.5 Å². The third-order valence-corrected chi connectivity index (χ3v) is 6.08. The number of halogens is 1. The molecule has 0 bridgehead atoms. The van der Waals surface area contributed by atoms with Gasteiger partial charge in [0.25, 0.3) is 5.91 Å². The second-order valence-electron chi connectivity index (χ2n) is 7.03. The second kappa shape index (κ2) is 6.77. The maximum absolute atomic E-state index is 12.2. The lowest BCUT2D eigenvalue weighted by Crippen LogP contribution is -2.14. The summed E-state index contributed by atoms with van der Waals surface area (Å²) in [6.07, 6.45) is 3.35. The van der Waals surface area contributed by atoms with Crippen LogP contribution in [0, 0.1) is 0 Å². The molecule has 8 heteroatoms. The van der Waals surface area contributed by atoms with E-state index in [1.165, 1.54) is 13.3 Å². The summed E-state index contributed by atoms with van der Waals surface area (Å²) < 4.78 is 7.74. The fourth-order valence-electron chi connectivity index (χ4n) is 4.05. The van der Waals surface area contributed by atoms with E-state index >= 15 is 0 Å². The van der Waals surface area contributed by atoms with E-state index in [9.17, 15) is 9.90 Å². The highest BCUT2D eigenvalue weighted by atomic mass is 79.9. The lowest BCUT2D eigenvalue weighted by molar-refractivity contribution is 0.100. The third kappa shape index (κ3) is 2.64. The molecule has 1 amide bonds. The maximum atomic E-state index is 12.2. The number of primary amides is 1. The van der Waals surface area contributed by atoms with E-state index in [0.717, 1.165) is 37.9 Å². The van der Waals surface area contributed by atoms with Gasteiger partial charge in [-0.3, -0.25) is 4.79 Å². The molecule has 0 saturated heterocycles. The fraction of sp³-hybridized carbons (Fsp3) is 0.0909. The molecule has 0 spiro atoms. The monoisotopic (exact) mass is 464 g/mol. The Morgan fingerprint density at radius 1 is 1.27 bits per heavy atom. The van der Waals surface area contributed by atoms with E-state index in [1.807, 2.05) is 36.5 Å². The Morgan fingerprint density at radius 3 is 2.83 bits per heavy atom. The first kappa shape index (κ1) is 18.5. The zero-order valence-corrected chi connectivity index (χ0v) is 17.5. The van der Waals surface area contributed by atoms with Gasteiger partial charge < -0.3 is 20.9 Å². The largest absolute Gasteiger partial charge is 0.504 e. The molecule has 1 aliphatic rings. The molecule has 4 aromatic rings. The summed E-state index contributed by atoms with van der Waals surface area (Å²) in [4.78, 5) is 12.2. The van der Waals surface area contributed by atoms with E-state index in [1.54, 1.807) is 16.6 Å². The van der Waals surface area contributed by atoms with Crippen molar-refractivity contribution in [1.82, 2.24) is 9.61 Å². The highest BCUT2D eigenvalue weighted by molar-refractivity contribution is 9.10. The normalized spacial score (nSPS) is 14.7. The molecule has 30 heavy (non-hydrogen) atoms. The van der Waals surface area contributed by atoms with Crippen molar-refractivity contribution in [1.29, 1.82) is 0 Å². The van der Waals surface area contributed by atoms with Gasteiger partial charge in [-0.05, 0) is 29.8 Å². The number of benzene rings is 2. The molecule has 3 heterocycles. The number of carbonyl (C=O) groups excluding carboxylic acids is 1. The summed E-state index contributed by atoms with van der Waals surface area (Å²) >= 11 is 3.61. The number of para-hydroxylation sites is 1. The summed E-state index contributed by atoms with van der Waals surface area (Å²) in [6, 6.07) is 12.8. The average Bonchev–Trinajstić information content (AvgIpc) is 3.10. The van der Waals surface area contributed by atoms with Gasteiger partial charge in [0, 0.05) is 33.0 Å². The summed E-state index contributed by atoms with van der Waals surface area (Å²) in [7, 11) is 1.51. The number of fused-ring (bicyclic) bond motifs is 2. The van der Waals surface area contributed by atoms with Crippen LogP contribution >= 0.6 is 15.9 Å². The summed E-state index contributed by atoms with van der Waals surface area (Å²) in [5, 5.41) is 18.4. The quantitative estimate of drug-likeness (QED) is 0.423. The van der Waals surface area contributed by atoms with E-state index in [4.69, 9.17) is 10.5 Å². The average molecular weight is 465 g/mol. The van der Waals surface area contributed by atoms with Crippen LogP contribution < -0.4 is 15.8 Å². The first-order chi connectivity index (χ1) is 14.5. The van der Waals surface area contributed by atoms with Gasteiger partial charge in [-0.25, -0.2) is 4.52 Å². The zero-order chi connectivity index (χ0) is 21.0. The number of hydrogen-bond donors (Lipinski definition) is 3. The van der Waals surface area contributed by atoms with Crippen LogP contribution in [0.2, 0.25) is 0 Å². The van der Waals surface area contributed by atoms with Crippen molar-refractivity contribution in [3.63, 3.8) is 0 Å². The molecule has 0 saturated carbocycles. The number of nitrogens with two attached hydrogens (primary N) is 1. The molecular formula is C22H17BrN4O3. The molecule has 0 radical (unpaired) electrons. The zero-order valence-electron chi connectivity index (χ0n) is 15.9. The van der Waals surface area contributed by atoms with Crippen LogP contribution in [-0.2, 0) is 0 Å². The van der Waals surface area contributed by atoms with E-state index in [-0.39, 0.29) is 11.8 Å². The van der Waals surface area contributed by atoms with Gasteiger partial charge in [0.1, 0.15) is 0 Å². The van der Waals surface area contributed by atoms with Crippen LogP contribution in [-0.4, -0.2) is 27.7 Å². The van der Waals surface area contributed by atoms with Crippen LogP contribution in [0.1, 0.15) is 27.5 Å². The summed E-state index contributed by atoms with van der Waals surface area (Å²) in [5.74, 6) is -0.127. The number of nitrogens with zero attached hydrogens (tertiary/aromatic N) is 2. The molecule has 7 nitrogen and oxygen atoms in total. The maximum Gasteiger partial charge on any atom is 0.251 e. The second-order valence-corrected chi connectivity index (χ2v) is 7.88. The number of ether oxygens (including phenoxy) is 1. The number of methoxy groups -OCH3 is 1. The first-order valence-corrected chi connectivity index (χ1v) is 10.0. The van der Waals surface area contributed by atoms with Crippen LogP contribution in [0.5, 0.6) is 11.5 Å². The Bertz CT molecular complexity index is 1330. The number of nitrogens with one attached hydrogen (secondary N) is 1. The standard InChI is InChI=1S/C22H17BrN4O3/c1-30-18-9-15(23)13(8-17(18)28)20-12-6-7-27-21(12)19(14(10-25-27)22(24)29)11-4-2-3-5-16(11)26-20/h2-10,20,26,28H,1H3,(H2,24,29). The number of phenolic OH excluding ortho intramolecular Hbond substituents is 1. The number of aromatic nitrogens is 2. The van der Waals surface area contributed by atoms with Crippen molar-refractivity contribution < 1.29 is 14.6 Å². The summed E-state index contributed by atoms with van der Waals surface area (Å²) in [6.45, 7) is 0. The molecule has 4 N–H and O–H groups in total. The molecule has 0 fully saturated rings. The van der Waals surface area contributed by atoms with E-state index < -0.39 is 5.91 Å². The van der Waals surface area contributed by atoms with Crippen molar-refractivity contribution in [2.75, 3.05) is 12.4 Å². The Labute approximate surface area is 180 Å². The fourth-order valence-corrected chi connectivity index (χ4v) is 4.60. The molecular weight excluding hydrogens is 448 g/mol. The minimum Gasteiger partial charge on any atom is -0.504 e. The molecule has 150 valence electrons. The van der Waals surface area contributed by atoms with Gasteiger partial charge in [-0.2, -0.15) is 5.10 Å². The highest BCUT2D eigenvalue weighted by Gasteiger charge is 2.30. The number of phenols is 1. The Kier molecular flexibility index (Phi) is 4.18. The van der Waals surface area contributed by atoms with Crippen molar-refractivity contribution in [2.45, 2.75) is 6.04 Å². The minimum absolute atomic E-state index is 0.0368. The SMILES string of the molecule is COc1cc(Br)c(C2Nc3ccccc3-c3c(C(N)=O)cnn4ccc2c34)cc1O. The predicted octanol–water partition coefficient (Wildman–Crippen LogP) is 4.09. The lowest BCUT2D eigenvalue weighted by Gasteiger charge is -2.21. The van der Waals surface area contributed by atoms with Gasteiger partial charge in [-0.15, -0.1) is 0 Å². The molecule has 1 atom stereocenters. The van der Waals surface area contributed by atoms with Crippen molar-refractivity contribution in [3.05, 3.63) is 76.0 Å². The molecule has 2 aromatic carbocycles. The molecule has 1 unspecified atom stereocenters. The topological polar surface area (TPSA) is 102 Å². The van der Waals surface area contributed by atoms with E-state index in [2.05, 4.69) is 26.3 Å². The number of carbonyl (C=O) groups is 1. The lowest BCUT2D eigenvalue weighted by atomic mass is 9.96. The Balaban J connectivity index is 1.86. The Hall–Kier alpha value is -3.52. The smallest absolute Gasteiger partial charge is 0.251 e. The molecule has 2 aromatic heterocycles. The van der Waals surface area contributed by atoms with Gasteiger partial charge in [0.2, 0.25) is 0 Å². The number of hydrogen-bond acceptors (Lipinski definition) is 5. The van der Waals surface area contributed by atoms with Gasteiger partial charge in [0.05, 0.1) is 30.4 Å².